The van der Waals surface area contributed by atoms with Crippen molar-refractivity contribution in [3.05, 3.63) is 63.6 Å². The van der Waals surface area contributed by atoms with Gasteiger partial charge in [-0.05, 0) is 49.8 Å². The number of aryl methyl sites for hydroxylation is 1. The summed E-state index contributed by atoms with van der Waals surface area (Å²) in [6.45, 7) is 1.00. The van der Waals surface area contributed by atoms with Crippen LogP contribution in [0, 0.1) is 0 Å². The second-order valence-electron chi connectivity index (χ2n) is 8.07. The Kier molecular flexibility index (Phi) is 4.98. The van der Waals surface area contributed by atoms with Gasteiger partial charge in [-0.2, -0.15) is 10.2 Å². The number of nitrogens with zero attached hydrogens (tertiary/aromatic N) is 5. The van der Waals surface area contributed by atoms with E-state index in [0.717, 1.165) is 62.2 Å². The number of rotatable bonds is 5. The number of aromatic nitrogens is 5. The summed E-state index contributed by atoms with van der Waals surface area (Å²) in [5.74, 6) is 0.580. The molecule has 0 saturated heterocycles. The number of carbonyl (C=O) groups is 1. The molecule has 5 rings (SSSR count). The SMILES string of the molecule is O=C(Cn1nc2n(c1=O)CCCCC2)NCc1nn(-c2ccccc2)c2c1CCC2. The smallest absolute Gasteiger partial charge is 0.346 e. The molecule has 2 aliphatic rings. The van der Waals surface area contributed by atoms with Crippen molar-refractivity contribution in [2.45, 2.75) is 64.6 Å². The fraction of sp³-hybridized carbons (Fsp3) is 0.455. The zero-order valence-corrected chi connectivity index (χ0v) is 17.0. The van der Waals surface area contributed by atoms with Gasteiger partial charge in [0, 0.05) is 18.7 Å². The van der Waals surface area contributed by atoms with Crippen LogP contribution in [0.5, 0.6) is 0 Å². The number of benzene rings is 1. The number of hydrogen-bond donors (Lipinski definition) is 1. The Morgan fingerprint density at radius 2 is 1.87 bits per heavy atom. The maximum absolute atomic E-state index is 12.6. The molecule has 0 saturated carbocycles. The van der Waals surface area contributed by atoms with Gasteiger partial charge >= 0.3 is 5.69 Å². The van der Waals surface area contributed by atoms with Gasteiger partial charge in [0.2, 0.25) is 5.91 Å². The van der Waals surface area contributed by atoms with Crippen LogP contribution in [0.1, 0.15) is 48.5 Å². The first-order valence-electron chi connectivity index (χ1n) is 10.8. The molecular weight excluding hydrogens is 380 g/mol. The highest BCUT2D eigenvalue weighted by molar-refractivity contribution is 5.75. The molecule has 1 aliphatic heterocycles. The topological polar surface area (TPSA) is 86.7 Å². The monoisotopic (exact) mass is 406 g/mol. The first kappa shape index (κ1) is 18.8. The van der Waals surface area contributed by atoms with Crippen molar-refractivity contribution in [3.63, 3.8) is 0 Å². The lowest BCUT2D eigenvalue weighted by Gasteiger charge is -2.05. The van der Waals surface area contributed by atoms with E-state index in [9.17, 15) is 9.59 Å². The van der Waals surface area contributed by atoms with E-state index in [2.05, 4.69) is 10.4 Å². The standard InChI is InChI=1S/C22H26N6O2/c29-21(15-27-22(30)26-13-6-2-5-12-20(26)25-27)23-14-18-17-10-7-11-19(17)28(24-18)16-8-3-1-4-9-16/h1,3-4,8-9H,2,5-7,10-15H2,(H,23,29). The van der Waals surface area contributed by atoms with Gasteiger partial charge in [0.15, 0.2) is 0 Å². The van der Waals surface area contributed by atoms with Gasteiger partial charge in [-0.3, -0.25) is 9.36 Å². The van der Waals surface area contributed by atoms with Crippen molar-refractivity contribution < 1.29 is 4.79 Å². The summed E-state index contributed by atoms with van der Waals surface area (Å²) < 4.78 is 5.01. The minimum absolute atomic E-state index is 0.0551. The Bertz CT molecular complexity index is 1120. The molecule has 0 fully saturated rings. The third-order valence-electron chi connectivity index (χ3n) is 6.04. The average Bonchev–Trinajstić information content (AvgIpc) is 3.38. The van der Waals surface area contributed by atoms with Gasteiger partial charge in [-0.1, -0.05) is 24.6 Å². The van der Waals surface area contributed by atoms with E-state index in [-0.39, 0.29) is 18.1 Å². The van der Waals surface area contributed by atoms with Crippen molar-refractivity contribution in [2.75, 3.05) is 0 Å². The molecule has 1 N–H and O–H groups in total. The van der Waals surface area contributed by atoms with Crippen molar-refractivity contribution in [1.82, 2.24) is 29.4 Å². The van der Waals surface area contributed by atoms with Gasteiger partial charge in [0.05, 0.1) is 17.9 Å². The molecule has 8 nitrogen and oxygen atoms in total. The highest BCUT2D eigenvalue weighted by Crippen LogP contribution is 2.27. The molecule has 1 aliphatic carbocycles. The largest absolute Gasteiger partial charge is 0.349 e. The van der Waals surface area contributed by atoms with Crippen LogP contribution in [0.2, 0.25) is 0 Å². The fourth-order valence-electron chi connectivity index (χ4n) is 4.54. The third-order valence-corrected chi connectivity index (χ3v) is 6.04. The predicted molar refractivity (Wildman–Crippen MR) is 111 cm³/mol. The molecule has 3 heterocycles. The molecule has 0 unspecified atom stereocenters. The lowest BCUT2D eigenvalue weighted by atomic mass is 10.2. The minimum atomic E-state index is -0.216. The van der Waals surface area contributed by atoms with Crippen LogP contribution >= 0.6 is 0 Å². The van der Waals surface area contributed by atoms with Crippen LogP contribution in [-0.2, 0) is 43.7 Å². The molecule has 156 valence electrons. The second-order valence-corrected chi connectivity index (χ2v) is 8.07. The van der Waals surface area contributed by atoms with E-state index in [4.69, 9.17) is 5.10 Å². The van der Waals surface area contributed by atoms with Crippen molar-refractivity contribution in [3.8, 4) is 5.69 Å². The van der Waals surface area contributed by atoms with Gasteiger partial charge in [0.1, 0.15) is 12.4 Å². The summed E-state index contributed by atoms with van der Waals surface area (Å²) in [4.78, 5) is 25.1. The number of nitrogens with one attached hydrogen (secondary N) is 1. The van der Waals surface area contributed by atoms with E-state index in [1.807, 2.05) is 35.0 Å². The van der Waals surface area contributed by atoms with Crippen LogP contribution in [0.3, 0.4) is 0 Å². The molecule has 2 aromatic heterocycles. The summed E-state index contributed by atoms with van der Waals surface area (Å²) >= 11 is 0. The molecule has 30 heavy (non-hydrogen) atoms. The number of para-hydroxylation sites is 1. The Hall–Kier alpha value is -3.16. The summed E-state index contributed by atoms with van der Waals surface area (Å²) in [6.07, 6.45) is 7.03. The molecule has 0 atom stereocenters. The van der Waals surface area contributed by atoms with Gasteiger partial charge < -0.3 is 5.32 Å². The lowest BCUT2D eigenvalue weighted by Crippen LogP contribution is -2.33. The molecule has 1 amide bonds. The predicted octanol–water partition coefficient (Wildman–Crippen LogP) is 1.76. The molecule has 3 aromatic rings. The van der Waals surface area contributed by atoms with Crippen molar-refractivity contribution in [2.24, 2.45) is 0 Å². The Labute approximate surface area is 174 Å². The maximum Gasteiger partial charge on any atom is 0.346 e. The van der Waals surface area contributed by atoms with E-state index in [1.165, 1.54) is 15.9 Å². The number of fused-ring (bicyclic) bond motifs is 2. The van der Waals surface area contributed by atoms with Gasteiger partial charge in [-0.25, -0.2) is 14.2 Å². The summed E-state index contributed by atoms with van der Waals surface area (Å²) in [5, 5.41) is 12.1. The van der Waals surface area contributed by atoms with Crippen LogP contribution in [0.4, 0.5) is 0 Å². The zero-order chi connectivity index (χ0) is 20.5. The molecule has 0 spiro atoms. The Morgan fingerprint density at radius 3 is 2.73 bits per heavy atom. The molecule has 1 aromatic carbocycles. The van der Waals surface area contributed by atoms with Crippen molar-refractivity contribution in [1.29, 1.82) is 0 Å². The van der Waals surface area contributed by atoms with Crippen LogP contribution in [0.15, 0.2) is 35.1 Å². The first-order valence-corrected chi connectivity index (χ1v) is 10.8. The summed E-state index contributed by atoms with van der Waals surface area (Å²) in [5.41, 5.74) is 4.24. The lowest BCUT2D eigenvalue weighted by molar-refractivity contribution is -0.122. The number of amides is 1. The van der Waals surface area contributed by atoms with E-state index in [1.54, 1.807) is 4.57 Å². The van der Waals surface area contributed by atoms with E-state index >= 15 is 0 Å². The summed E-state index contributed by atoms with van der Waals surface area (Å²) in [7, 11) is 0. The maximum atomic E-state index is 12.6. The number of hydrogen-bond acceptors (Lipinski definition) is 4. The molecule has 0 radical (unpaired) electrons. The Balaban J connectivity index is 1.29. The van der Waals surface area contributed by atoms with Crippen LogP contribution < -0.4 is 11.0 Å². The van der Waals surface area contributed by atoms with E-state index < -0.39 is 0 Å². The van der Waals surface area contributed by atoms with Crippen LogP contribution in [-0.4, -0.2) is 30.0 Å². The summed E-state index contributed by atoms with van der Waals surface area (Å²) in [6, 6.07) is 10.1. The number of carbonyl (C=O) groups excluding carboxylic acids is 1. The normalized spacial score (nSPS) is 15.5. The minimum Gasteiger partial charge on any atom is -0.349 e. The zero-order valence-electron chi connectivity index (χ0n) is 17.0. The highest BCUT2D eigenvalue weighted by atomic mass is 16.2. The second kappa shape index (κ2) is 7.93. The van der Waals surface area contributed by atoms with Crippen molar-refractivity contribution >= 4 is 5.91 Å². The quantitative estimate of drug-likeness (QED) is 0.700. The average molecular weight is 406 g/mol. The highest BCUT2D eigenvalue weighted by Gasteiger charge is 2.23. The fourth-order valence-corrected chi connectivity index (χ4v) is 4.54. The van der Waals surface area contributed by atoms with Crippen LogP contribution in [0.25, 0.3) is 5.69 Å². The van der Waals surface area contributed by atoms with E-state index in [0.29, 0.717) is 13.1 Å². The first-order chi connectivity index (χ1) is 14.7. The van der Waals surface area contributed by atoms with Gasteiger partial charge in [0.25, 0.3) is 0 Å². The molecular formula is C22H26N6O2. The third kappa shape index (κ3) is 3.46. The van der Waals surface area contributed by atoms with Gasteiger partial charge in [-0.15, -0.1) is 0 Å². The Morgan fingerprint density at radius 1 is 1.00 bits per heavy atom. The molecule has 8 heteroatoms. The molecule has 0 bridgehead atoms.